The van der Waals surface area contributed by atoms with Crippen LogP contribution in [-0.4, -0.2) is 27.3 Å². The number of ketones is 1. The summed E-state index contributed by atoms with van der Waals surface area (Å²) in [5, 5.41) is 2.16. The quantitative estimate of drug-likeness (QED) is 0.761. The van der Waals surface area contributed by atoms with Gasteiger partial charge in [0.25, 0.3) is 0 Å². The molecule has 0 radical (unpaired) electrons. The van der Waals surface area contributed by atoms with Gasteiger partial charge >= 0.3 is 0 Å². The van der Waals surface area contributed by atoms with E-state index >= 15 is 0 Å². The van der Waals surface area contributed by atoms with Crippen LogP contribution in [0, 0.1) is 6.92 Å². The molecule has 0 saturated carbocycles. The molecule has 3 unspecified atom stereocenters. The first kappa shape index (κ1) is 14.1. The maximum absolute atomic E-state index is 12.6. The van der Waals surface area contributed by atoms with Gasteiger partial charge in [0.05, 0.1) is 5.25 Å². The van der Waals surface area contributed by atoms with Gasteiger partial charge in [0.1, 0.15) is 5.58 Å². The fourth-order valence-corrected chi connectivity index (χ4v) is 5.22. The van der Waals surface area contributed by atoms with Crippen LogP contribution in [0.15, 0.2) is 28.7 Å². The van der Waals surface area contributed by atoms with Crippen LogP contribution in [0.3, 0.4) is 0 Å². The molecule has 2 aromatic rings. The molecule has 1 aromatic heterocycles. The zero-order valence-electron chi connectivity index (χ0n) is 11.9. The van der Waals surface area contributed by atoms with Gasteiger partial charge in [0, 0.05) is 21.6 Å². The van der Waals surface area contributed by atoms with Gasteiger partial charge in [0.2, 0.25) is 5.78 Å². The zero-order chi connectivity index (χ0) is 14.3. The average Bonchev–Trinajstić information content (AvgIpc) is 2.84. The Morgan fingerprint density at radius 3 is 2.80 bits per heavy atom. The average molecular weight is 306 g/mol. The summed E-state index contributed by atoms with van der Waals surface area (Å²) in [5.41, 5.74) is 1.98. The van der Waals surface area contributed by atoms with Crippen LogP contribution in [0.5, 0.6) is 0 Å². The van der Waals surface area contributed by atoms with Crippen LogP contribution in [0.25, 0.3) is 11.0 Å². The van der Waals surface area contributed by atoms with Gasteiger partial charge in [-0.25, -0.2) is 0 Å². The lowest BCUT2D eigenvalue weighted by Gasteiger charge is -2.29. The van der Waals surface area contributed by atoms with E-state index in [9.17, 15) is 4.79 Å². The number of rotatable bonds is 2. The first-order chi connectivity index (χ1) is 9.54. The standard InChI is InChI=1S/C16H18O2S2/c1-9-4-5-13-12(6-9)7-14(18-13)16(17)15-8-19-10(2)11(3)20-15/h4-7,10-11,15H,8H2,1-3H3. The van der Waals surface area contributed by atoms with E-state index in [2.05, 4.69) is 19.9 Å². The highest BCUT2D eigenvalue weighted by Crippen LogP contribution is 2.37. The van der Waals surface area contributed by atoms with Crippen LogP contribution >= 0.6 is 23.5 Å². The molecular weight excluding hydrogens is 288 g/mol. The van der Waals surface area contributed by atoms with Crippen LogP contribution in [0.2, 0.25) is 0 Å². The fourth-order valence-electron chi connectivity index (χ4n) is 2.36. The molecule has 3 rings (SSSR count). The van der Waals surface area contributed by atoms with Crippen LogP contribution in [0.4, 0.5) is 0 Å². The second-order valence-electron chi connectivity index (χ2n) is 5.38. The van der Waals surface area contributed by atoms with E-state index in [4.69, 9.17) is 4.42 Å². The molecule has 1 fully saturated rings. The van der Waals surface area contributed by atoms with Crippen molar-refractivity contribution < 1.29 is 9.21 Å². The lowest BCUT2D eigenvalue weighted by atomic mass is 10.1. The molecule has 1 saturated heterocycles. The molecule has 3 atom stereocenters. The summed E-state index contributed by atoms with van der Waals surface area (Å²) in [6.07, 6.45) is 0. The summed E-state index contributed by atoms with van der Waals surface area (Å²) in [4.78, 5) is 12.6. The minimum Gasteiger partial charge on any atom is -0.453 e. The van der Waals surface area contributed by atoms with E-state index in [-0.39, 0.29) is 11.0 Å². The van der Waals surface area contributed by atoms with Crippen molar-refractivity contribution in [2.24, 2.45) is 0 Å². The van der Waals surface area contributed by atoms with Crippen LogP contribution in [-0.2, 0) is 0 Å². The molecule has 0 N–H and O–H groups in total. The molecule has 0 amide bonds. The first-order valence-electron chi connectivity index (χ1n) is 6.86. The van der Waals surface area contributed by atoms with E-state index in [1.54, 1.807) is 11.8 Å². The Labute approximate surface area is 127 Å². The molecule has 1 aliphatic heterocycles. The van der Waals surface area contributed by atoms with Crippen molar-refractivity contribution >= 4 is 40.3 Å². The maximum atomic E-state index is 12.6. The maximum Gasteiger partial charge on any atom is 0.211 e. The molecule has 0 spiro atoms. The minimum atomic E-state index is 0.0212. The SMILES string of the molecule is Cc1ccc2oc(C(=O)C3CSC(C)C(C)S3)cc2c1. The predicted molar refractivity (Wildman–Crippen MR) is 88.0 cm³/mol. The highest BCUT2D eigenvalue weighted by molar-refractivity contribution is 8.08. The van der Waals surface area contributed by atoms with E-state index in [1.807, 2.05) is 36.9 Å². The van der Waals surface area contributed by atoms with Crippen molar-refractivity contribution in [3.8, 4) is 0 Å². The van der Waals surface area contributed by atoms with Gasteiger partial charge in [-0.15, -0.1) is 11.8 Å². The lowest BCUT2D eigenvalue weighted by molar-refractivity contribution is 0.0970. The number of fused-ring (bicyclic) bond motifs is 1. The van der Waals surface area contributed by atoms with Gasteiger partial charge in [-0.05, 0) is 25.1 Å². The van der Waals surface area contributed by atoms with Crippen molar-refractivity contribution in [1.29, 1.82) is 0 Å². The Morgan fingerprint density at radius 1 is 1.25 bits per heavy atom. The topological polar surface area (TPSA) is 30.2 Å². The third-order valence-corrected chi connectivity index (χ3v) is 7.15. The highest BCUT2D eigenvalue weighted by Gasteiger charge is 2.32. The number of thioether (sulfide) groups is 2. The predicted octanol–water partition coefficient (Wildman–Crippen LogP) is 4.55. The largest absolute Gasteiger partial charge is 0.453 e. The van der Waals surface area contributed by atoms with Gasteiger partial charge in [-0.2, -0.15) is 11.8 Å². The smallest absolute Gasteiger partial charge is 0.211 e. The molecule has 4 heteroatoms. The molecule has 20 heavy (non-hydrogen) atoms. The van der Waals surface area contributed by atoms with Gasteiger partial charge in [0.15, 0.2) is 5.76 Å². The molecule has 2 heterocycles. The molecular formula is C16H18O2S2. The normalized spacial score (nSPS) is 26.9. The molecule has 0 aliphatic carbocycles. The molecule has 106 valence electrons. The number of Topliss-reactive ketones (excluding diaryl/α,β-unsaturated/α-hetero) is 1. The number of aryl methyl sites for hydroxylation is 1. The van der Waals surface area contributed by atoms with E-state index in [0.29, 0.717) is 16.3 Å². The minimum absolute atomic E-state index is 0.0212. The molecule has 1 aromatic carbocycles. The van der Waals surface area contributed by atoms with Gasteiger partial charge in [-0.1, -0.05) is 25.5 Å². The zero-order valence-corrected chi connectivity index (χ0v) is 13.5. The first-order valence-corrected chi connectivity index (χ1v) is 8.85. The number of furan rings is 1. The van der Waals surface area contributed by atoms with Crippen molar-refractivity contribution in [1.82, 2.24) is 0 Å². The molecule has 2 nitrogen and oxygen atoms in total. The third-order valence-electron chi connectivity index (χ3n) is 3.76. The second kappa shape index (κ2) is 5.49. The van der Waals surface area contributed by atoms with Crippen molar-refractivity contribution in [3.05, 3.63) is 35.6 Å². The Bertz CT molecular complexity index is 647. The molecule has 1 aliphatic rings. The van der Waals surface area contributed by atoms with Crippen molar-refractivity contribution in [3.63, 3.8) is 0 Å². The Kier molecular flexibility index (Phi) is 3.87. The number of hydrogen-bond acceptors (Lipinski definition) is 4. The van der Waals surface area contributed by atoms with E-state index < -0.39 is 0 Å². The van der Waals surface area contributed by atoms with Gasteiger partial charge in [-0.3, -0.25) is 4.79 Å². The van der Waals surface area contributed by atoms with Gasteiger partial charge < -0.3 is 4.42 Å². The summed E-state index contributed by atoms with van der Waals surface area (Å²) in [6.45, 7) is 6.47. The number of carbonyl (C=O) groups excluding carboxylic acids is 1. The summed E-state index contributed by atoms with van der Waals surface area (Å²) in [5.74, 6) is 1.52. The Balaban J connectivity index is 1.85. The monoisotopic (exact) mass is 306 g/mol. The summed E-state index contributed by atoms with van der Waals surface area (Å²) >= 11 is 3.66. The Morgan fingerprint density at radius 2 is 2.05 bits per heavy atom. The van der Waals surface area contributed by atoms with E-state index in [0.717, 1.165) is 16.7 Å². The van der Waals surface area contributed by atoms with Crippen LogP contribution < -0.4 is 0 Å². The second-order valence-corrected chi connectivity index (χ2v) is 8.38. The van der Waals surface area contributed by atoms with Crippen molar-refractivity contribution in [2.75, 3.05) is 5.75 Å². The Hall–Kier alpha value is -0.870. The number of hydrogen-bond donors (Lipinski definition) is 0. The third kappa shape index (κ3) is 2.63. The summed E-state index contributed by atoms with van der Waals surface area (Å²) in [7, 11) is 0. The van der Waals surface area contributed by atoms with Crippen molar-refractivity contribution in [2.45, 2.75) is 36.5 Å². The fraction of sp³-hybridized carbons (Fsp3) is 0.438. The number of carbonyl (C=O) groups is 1. The lowest BCUT2D eigenvalue weighted by Crippen LogP contribution is -2.31. The molecule has 0 bridgehead atoms. The summed E-state index contributed by atoms with van der Waals surface area (Å²) < 4.78 is 5.73. The number of benzene rings is 1. The summed E-state index contributed by atoms with van der Waals surface area (Å²) in [6, 6.07) is 7.89. The van der Waals surface area contributed by atoms with E-state index in [1.165, 1.54) is 5.56 Å². The highest BCUT2D eigenvalue weighted by atomic mass is 32.2. The van der Waals surface area contributed by atoms with Crippen LogP contribution in [0.1, 0.15) is 30.0 Å².